The number of likely N-dealkylation sites (N-methyl/N-ethyl adjacent to an activating group) is 1. The van der Waals surface area contributed by atoms with Gasteiger partial charge in [0.2, 0.25) is 0 Å². The third-order valence-electron chi connectivity index (χ3n) is 3.40. The SMILES string of the molecule is CCNC(Cc1ccn(C(C)C)n1)c1ccc(Cl)c(Br)c1. The monoisotopic (exact) mass is 369 g/mol. The summed E-state index contributed by atoms with van der Waals surface area (Å²) in [6, 6.07) is 8.79. The predicted octanol–water partition coefficient (Wildman–Crippen LogP) is 4.77. The van der Waals surface area contributed by atoms with Crippen LogP contribution < -0.4 is 5.32 Å². The van der Waals surface area contributed by atoms with Gasteiger partial charge in [0, 0.05) is 29.2 Å². The van der Waals surface area contributed by atoms with Gasteiger partial charge in [-0.1, -0.05) is 24.6 Å². The van der Waals surface area contributed by atoms with Crippen LogP contribution in [0, 0.1) is 0 Å². The lowest BCUT2D eigenvalue weighted by Crippen LogP contribution is -2.23. The highest BCUT2D eigenvalue weighted by Crippen LogP contribution is 2.27. The number of aromatic nitrogens is 2. The smallest absolute Gasteiger partial charge is 0.0643 e. The highest BCUT2D eigenvalue weighted by atomic mass is 79.9. The Morgan fingerprint density at radius 3 is 2.67 bits per heavy atom. The number of hydrogen-bond donors (Lipinski definition) is 1. The Hall–Kier alpha value is -0.840. The van der Waals surface area contributed by atoms with Gasteiger partial charge in [0.05, 0.1) is 10.7 Å². The molecule has 0 radical (unpaired) electrons. The van der Waals surface area contributed by atoms with Crippen molar-refractivity contribution in [1.82, 2.24) is 15.1 Å². The summed E-state index contributed by atoms with van der Waals surface area (Å²) < 4.78 is 2.92. The Balaban J connectivity index is 2.19. The zero-order valence-electron chi connectivity index (χ0n) is 12.6. The molecule has 1 aromatic carbocycles. The summed E-state index contributed by atoms with van der Waals surface area (Å²) in [5.74, 6) is 0. The van der Waals surface area contributed by atoms with Crippen LogP contribution in [-0.4, -0.2) is 16.3 Å². The number of nitrogens with zero attached hydrogens (tertiary/aromatic N) is 2. The average Bonchev–Trinajstić information content (AvgIpc) is 2.90. The van der Waals surface area contributed by atoms with Crippen LogP contribution in [0.3, 0.4) is 0 Å². The van der Waals surface area contributed by atoms with Gasteiger partial charge in [0.15, 0.2) is 0 Å². The van der Waals surface area contributed by atoms with E-state index in [2.05, 4.69) is 65.3 Å². The first-order valence-corrected chi connectivity index (χ1v) is 8.40. The van der Waals surface area contributed by atoms with Crippen LogP contribution >= 0.6 is 27.5 Å². The lowest BCUT2D eigenvalue weighted by molar-refractivity contribution is 0.506. The third-order valence-corrected chi connectivity index (χ3v) is 4.62. The molecule has 1 heterocycles. The molecule has 114 valence electrons. The fourth-order valence-electron chi connectivity index (χ4n) is 2.27. The molecule has 1 atom stereocenters. The maximum Gasteiger partial charge on any atom is 0.0643 e. The molecule has 0 saturated heterocycles. The van der Waals surface area contributed by atoms with E-state index in [9.17, 15) is 0 Å². The van der Waals surface area contributed by atoms with Crippen molar-refractivity contribution in [2.45, 2.75) is 39.3 Å². The fourth-order valence-corrected chi connectivity index (χ4v) is 2.78. The lowest BCUT2D eigenvalue weighted by Gasteiger charge is -2.18. The van der Waals surface area contributed by atoms with Crippen molar-refractivity contribution in [3.8, 4) is 0 Å². The van der Waals surface area contributed by atoms with Crippen LogP contribution in [0.5, 0.6) is 0 Å². The van der Waals surface area contributed by atoms with E-state index in [1.807, 2.05) is 16.9 Å². The molecule has 0 aliphatic heterocycles. The molecule has 2 rings (SSSR count). The number of halogens is 2. The zero-order chi connectivity index (χ0) is 15.4. The van der Waals surface area contributed by atoms with Crippen molar-refractivity contribution in [1.29, 1.82) is 0 Å². The van der Waals surface area contributed by atoms with Crippen LogP contribution in [0.15, 0.2) is 34.9 Å². The van der Waals surface area contributed by atoms with Crippen molar-refractivity contribution in [3.63, 3.8) is 0 Å². The van der Waals surface area contributed by atoms with Crippen LogP contribution in [0.25, 0.3) is 0 Å². The van der Waals surface area contributed by atoms with Crippen LogP contribution in [0.4, 0.5) is 0 Å². The molecule has 5 heteroatoms. The van der Waals surface area contributed by atoms with E-state index in [0.717, 1.165) is 28.2 Å². The summed E-state index contributed by atoms with van der Waals surface area (Å²) in [5, 5.41) is 8.89. The maximum absolute atomic E-state index is 6.08. The van der Waals surface area contributed by atoms with Gasteiger partial charge in [-0.3, -0.25) is 4.68 Å². The summed E-state index contributed by atoms with van der Waals surface area (Å²) >= 11 is 9.57. The first-order valence-electron chi connectivity index (χ1n) is 7.23. The molecule has 0 saturated carbocycles. The summed E-state index contributed by atoms with van der Waals surface area (Å²) in [6.45, 7) is 7.30. The average molecular weight is 371 g/mol. The number of nitrogens with one attached hydrogen (secondary N) is 1. The molecular weight excluding hydrogens is 350 g/mol. The molecule has 0 amide bonds. The zero-order valence-corrected chi connectivity index (χ0v) is 14.9. The highest BCUT2D eigenvalue weighted by Gasteiger charge is 2.14. The Kier molecular flexibility index (Phi) is 5.85. The Labute approximate surface area is 139 Å². The fraction of sp³-hybridized carbons (Fsp3) is 0.438. The molecule has 3 nitrogen and oxygen atoms in total. The van der Waals surface area contributed by atoms with Gasteiger partial charge in [-0.05, 0) is 60.1 Å². The molecule has 0 aliphatic rings. The second kappa shape index (κ2) is 7.43. The summed E-state index contributed by atoms with van der Waals surface area (Å²) in [4.78, 5) is 0. The largest absolute Gasteiger partial charge is 0.310 e. The molecule has 0 spiro atoms. The minimum absolute atomic E-state index is 0.235. The molecule has 0 aliphatic carbocycles. The second-order valence-corrected chi connectivity index (χ2v) is 6.63. The molecular formula is C16H21BrClN3. The van der Waals surface area contributed by atoms with E-state index < -0.39 is 0 Å². The Morgan fingerprint density at radius 2 is 2.10 bits per heavy atom. The van der Waals surface area contributed by atoms with Crippen molar-refractivity contribution in [3.05, 3.63) is 51.2 Å². The minimum Gasteiger partial charge on any atom is -0.310 e. The Bertz CT molecular complexity index is 595. The molecule has 0 bridgehead atoms. The highest BCUT2D eigenvalue weighted by molar-refractivity contribution is 9.10. The van der Waals surface area contributed by atoms with Gasteiger partial charge in [-0.2, -0.15) is 5.10 Å². The molecule has 0 fully saturated rings. The topological polar surface area (TPSA) is 29.9 Å². The molecule has 1 unspecified atom stereocenters. The molecule has 21 heavy (non-hydrogen) atoms. The molecule has 1 N–H and O–H groups in total. The van der Waals surface area contributed by atoms with Crippen molar-refractivity contribution in [2.75, 3.05) is 6.54 Å². The first kappa shape index (κ1) is 16.5. The normalized spacial score (nSPS) is 12.9. The number of rotatable bonds is 6. The standard InChI is InChI=1S/C16H21BrClN3/c1-4-19-16(12-5-6-15(18)14(17)9-12)10-13-7-8-21(20-13)11(2)3/h5-9,11,16,19H,4,10H2,1-3H3. The van der Waals surface area contributed by atoms with E-state index in [1.165, 1.54) is 5.56 Å². The van der Waals surface area contributed by atoms with Crippen LogP contribution in [0.1, 0.15) is 44.1 Å². The van der Waals surface area contributed by atoms with Crippen LogP contribution in [0.2, 0.25) is 5.02 Å². The van der Waals surface area contributed by atoms with E-state index in [0.29, 0.717) is 6.04 Å². The minimum atomic E-state index is 0.235. The first-order chi connectivity index (χ1) is 10.0. The maximum atomic E-state index is 6.08. The van der Waals surface area contributed by atoms with Gasteiger partial charge in [-0.15, -0.1) is 0 Å². The van der Waals surface area contributed by atoms with Gasteiger partial charge < -0.3 is 5.32 Å². The predicted molar refractivity (Wildman–Crippen MR) is 91.9 cm³/mol. The van der Waals surface area contributed by atoms with Crippen molar-refractivity contribution in [2.24, 2.45) is 0 Å². The van der Waals surface area contributed by atoms with Gasteiger partial charge >= 0.3 is 0 Å². The van der Waals surface area contributed by atoms with Gasteiger partial charge in [-0.25, -0.2) is 0 Å². The summed E-state index contributed by atoms with van der Waals surface area (Å²) in [7, 11) is 0. The van der Waals surface area contributed by atoms with E-state index in [-0.39, 0.29) is 6.04 Å². The number of hydrogen-bond acceptors (Lipinski definition) is 2. The van der Waals surface area contributed by atoms with Gasteiger partial charge in [0.25, 0.3) is 0 Å². The Morgan fingerprint density at radius 1 is 1.33 bits per heavy atom. The summed E-state index contributed by atoms with van der Waals surface area (Å²) in [5.41, 5.74) is 2.31. The van der Waals surface area contributed by atoms with Crippen LogP contribution in [-0.2, 0) is 6.42 Å². The van der Waals surface area contributed by atoms with E-state index in [4.69, 9.17) is 11.6 Å². The number of benzene rings is 1. The lowest BCUT2D eigenvalue weighted by atomic mass is 10.0. The molecule has 1 aromatic heterocycles. The molecule has 2 aromatic rings. The van der Waals surface area contributed by atoms with E-state index in [1.54, 1.807) is 0 Å². The second-order valence-electron chi connectivity index (χ2n) is 5.37. The van der Waals surface area contributed by atoms with Crippen molar-refractivity contribution < 1.29 is 0 Å². The summed E-state index contributed by atoms with van der Waals surface area (Å²) in [6.07, 6.45) is 2.91. The van der Waals surface area contributed by atoms with Gasteiger partial charge in [0.1, 0.15) is 0 Å². The quantitative estimate of drug-likeness (QED) is 0.793. The van der Waals surface area contributed by atoms with E-state index >= 15 is 0 Å². The third kappa shape index (κ3) is 4.31. The van der Waals surface area contributed by atoms with Crippen molar-refractivity contribution >= 4 is 27.5 Å².